The molecule has 2 aliphatic rings. The standard InChI is InChI=1S/C23H28N2O5S/c1-16-14-18-6-4-5-7-20(18)25(16)23(26)17-10-12-24(13-11-17)31(27,28)19-8-9-21(29-2)22(15-19)30-3/h4-9,15-17H,10-14H2,1-3H3/t16-/m1/s1. The number of rotatable bonds is 5. The molecule has 166 valence electrons. The highest BCUT2D eigenvalue weighted by Gasteiger charge is 2.38. The van der Waals surface area contributed by atoms with Crippen LogP contribution in [0.15, 0.2) is 47.4 Å². The zero-order valence-electron chi connectivity index (χ0n) is 18.1. The van der Waals surface area contributed by atoms with E-state index in [4.69, 9.17) is 9.47 Å². The molecule has 2 aromatic carbocycles. The Morgan fingerprint density at radius 3 is 2.35 bits per heavy atom. The molecule has 1 amide bonds. The number of nitrogens with zero attached hydrogens (tertiary/aromatic N) is 2. The van der Waals surface area contributed by atoms with E-state index < -0.39 is 10.0 Å². The third kappa shape index (κ3) is 3.90. The van der Waals surface area contributed by atoms with E-state index in [1.54, 1.807) is 6.07 Å². The van der Waals surface area contributed by atoms with Crippen molar-refractivity contribution in [1.82, 2.24) is 4.31 Å². The number of benzene rings is 2. The molecule has 1 saturated heterocycles. The Morgan fingerprint density at radius 2 is 1.68 bits per heavy atom. The number of sulfonamides is 1. The number of amides is 1. The molecule has 4 rings (SSSR count). The minimum atomic E-state index is -3.67. The summed E-state index contributed by atoms with van der Waals surface area (Å²) < 4.78 is 38.2. The van der Waals surface area contributed by atoms with Gasteiger partial charge in [0, 0.05) is 36.8 Å². The Hall–Kier alpha value is -2.58. The van der Waals surface area contributed by atoms with E-state index in [1.165, 1.54) is 36.2 Å². The first-order valence-corrected chi connectivity index (χ1v) is 11.9. The first-order chi connectivity index (χ1) is 14.9. The van der Waals surface area contributed by atoms with Gasteiger partial charge in [0.05, 0.1) is 19.1 Å². The quantitative estimate of drug-likeness (QED) is 0.708. The molecule has 0 unspecified atom stereocenters. The number of carbonyl (C=O) groups excluding carboxylic acids is 1. The number of anilines is 1. The number of para-hydroxylation sites is 1. The lowest BCUT2D eigenvalue weighted by molar-refractivity contribution is -0.123. The molecule has 0 spiro atoms. The molecule has 31 heavy (non-hydrogen) atoms. The van der Waals surface area contributed by atoms with Crippen LogP contribution in [0.25, 0.3) is 0 Å². The van der Waals surface area contributed by atoms with E-state index >= 15 is 0 Å². The van der Waals surface area contributed by atoms with Crippen LogP contribution in [0.1, 0.15) is 25.3 Å². The molecule has 0 saturated carbocycles. The molecule has 1 fully saturated rings. The number of piperidine rings is 1. The molecular formula is C23H28N2O5S. The number of ether oxygens (including phenoxy) is 2. The number of hydrogen-bond donors (Lipinski definition) is 0. The van der Waals surface area contributed by atoms with Gasteiger partial charge in [-0.2, -0.15) is 4.31 Å². The van der Waals surface area contributed by atoms with Gasteiger partial charge in [-0.15, -0.1) is 0 Å². The van der Waals surface area contributed by atoms with Crippen molar-refractivity contribution < 1.29 is 22.7 Å². The monoisotopic (exact) mass is 444 g/mol. The van der Waals surface area contributed by atoms with Crippen LogP contribution in [0.2, 0.25) is 0 Å². The molecule has 0 radical (unpaired) electrons. The number of hydrogen-bond acceptors (Lipinski definition) is 5. The number of fused-ring (bicyclic) bond motifs is 1. The lowest BCUT2D eigenvalue weighted by Crippen LogP contribution is -2.46. The van der Waals surface area contributed by atoms with E-state index in [0.717, 1.165) is 12.1 Å². The van der Waals surface area contributed by atoms with E-state index in [1.807, 2.05) is 23.1 Å². The van der Waals surface area contributed by atoms with E-state index in [0.29, 0.717) is 37.4 Å². The highest BCUT2D eigenvalue weighted by atomic mass is 32.2. The van der Waals surface area contributed by atoms with Gasteiger partial charge in [0.1, 0.15) is 0 Å². The largest absolute Gasteiger partial charge is 0.493 e. The van der Waals surface area contributed by atoms with Crippen LogP contribution in [-0.2, 0) is 21.2 Å². The highest BCUT2D eigenvalue weighted by molar-refractivity contribution is 7.89. The lowest BCUT2D eigenvalue weighted by atomic mass is 9.96. The Morgan fingerprint density at radius 1 is 1.00 bits per heavy atom. The Bertz CT molecular complexity index is 1080. The van der Waals surface area contributed by atoms with Gasteiger partial charge < -0.3 is 14.4 Å². The summed E-state index contributed by atoms with van der Waals surface area (Å²) in [5.41, 5.74) is 2.18. The van der Waals surface area contributed by atoms with Crippen molar-refractivity contribution in [3.8, 4) is 11.5 Å². The summed E-state index contributed by atoms with van der Waals surface area (Å²) in [5, 5.41) is 0. The molecule has 2 heterocycles. The normalized spacial score (nSPS) is 19.8. The van der Waals surface area contributed by atoms with Crippen molar-refractivity contribution in [2.75, 3.05) is 32.2 Å². The maximum Gasteiger partial charge on any atom is 0.243 e. The summed E-state index contributed by atoms with van der Waals surface area (Å²) in [7, 11) is -0.692. The fourth-order valence-corrected chi connectivity index (χ4v) is 6.05. The van der Waals surface area contributed by atoms with Crippen LogP contribution < -0.4 is 14.4 Å². The van der Waals surface area contributed by atoms with Gasteiger partial charge in [0.2, 0.25) is 15.9 Å². The van der Waals surface area contributed by atoms with Gasteiger partial charge in [-0.1, -0.05) is 18.2 Å². The van der Waals surface area contributed by atoms with Gasteiger partial charge in [-0.3, -0.25) is 4.79 Å². The van der Waals surface area contributed by atoms with Gasteiger partial charge >= 0.3 is 0 Å². The molecule has 8 heteroatoms. The number of carbonyl (C=O) groups is 1. The number of methoxy groups -OCH3 is 2. The minimum absolute atomic E-state index is 0.0978. The Kier molecular flexibility index (Phi) is 5.94. The summed E-state index contributed by atoms with van der Waals surface area (Å²) >= 11 is 0. The third-order valence-electron chi connectivity index (χ3n) is 6.24. The third-order valence-corrected chi connectivity index (χ3v) is 8.14. The lowest BCUT2D eigenvalue weighted by Gasteiger charge is -2.34. The van der Waals surface area contributed by atoms with Crippen LogP contribution in [0.3, 0.4) is 0 Å². The summed E-state index contributed by atoms with van der Waals surface area (Å²) in [6, 6.07) is 12.7. The summed E-state index contributed by atoms with van der Waals surface area (Å²) in [6.45, 7) is 2.70. The SMILES string of the molecule is COc1ccc(S(=O)(=O)N2CCC(C(=O)N3c4ccccc4C[C@H]3C)CC2)cc1OC. The molecule has 2 aromatic rings. The second-order valence-corrected chi connectivity index (χ2v) is 10.0. The van der Waals surface area contributed by atoms with E-state index in [2.05, 4.69) is 13.0 Å². The fourth-order valence-electron chi connectivity index (χ4n) is 4.57. The van der Waals surface area contributed by atoms with Gasteiger partial charge in [0.15, 0.2) is 11.5 Å². The second-order valence-electron chi connectivity index (χ2n) is 8.09. The maximum absolute atomic E-state index is 13.3. The van der Waals surface area contributed by atoms with Crippen LogP contribution in [0.4, 0.5) is 5.69 Å². The van der Waals surface area contributed by atoms with Gasteiger partial charge in [-0.05, 0) is 49.9 Å². The predicted octanol–water partition coefficient (Wildman–Crippen LogP) is 3.08. The molecule has 1 atom stereocenters. The van der Waals surface area contributed by atoms with Crippen molar-refractivity contribution in [3.63, 3.8) is 0 Å². The first-order valence-electron chi connectivity index (χ1n) is 10.5. The molecule has 0 aromatic heterocycles. The van der Waals surface area contributed by atoms with Crippen LogP contribution in [0.5, 0.6) is 11.5 Å². The van der Waals surface area contributed by atoms with E-state index in [9.17, 15) is 13.2 Å². The highest BCUT2D eigenvalue weighted by Crippen LogP contribution is 2.36. The van der Waals surface area contributed by atoms with Crippen molar-refractivity contribution in [1.29, 1.82) is 0 Å². The molecule has 0 N–H and O–H groups in total. The smallest absolute Gasteiger partial charge is 0.243 e. The molecule has 0 aliphatic carbocycles. The van der Waals surface area contributed by atoms with Crippen molar-refractivity contribution in [2.45, 2.75) is 37.1 Å². The van der Waals surface area contributed by atoms with Crippen LogP contribution in [0, 0.1) is 5.92 Å². The predicted molar refractivity (Wildman–Crippen MR) is 118 cm³/mol. The molecular weight excluding hydrogens is 416 g/mol. The minimum Gasteiger partial charge on any atom is -0.493 e. The molecule has 2 aliphatic heterocycles. The molecule has 7 nitrogen and oxygen atoms in total. The van der Waals surface area contributed by atoms with Crippen LogP contribution >= 0.6 is 0 Å². The van der Waals surface area contributed by atoms with E-state index in [-0.39, 0.29) is 22.8 Å². The topological polar surface area (TPSA) is 76.2 Å². The van der Waals surface area contributed by atoms with Crippen molar-refractivity contribution in [2.24, 2.45) is 5.92 Å². The van der Waals surface area contributed by atoms with Gasteiger partial charge in [0.25, 0.3) is 0 Å². The Balaban J connectivity index is 1.47. The first kappa shape index (κ1) is 21.6. The maximum atomic E-state index is 13.3. The zero-order valence-corrected chi connectivity index (χ0v) is 18.9. The summed E-state index contributed by atoms with van der Waals surface area (Å²) in [4.78, 5) is 15.3. The fraction of sp³-hybridized carbons (Fsp3) is 0.435. The van der Waals surface area contributed by atoms with Gasteiger partial charge in [-0.25, -0.2) is 8.42 Å². The Labute approximate surface area is 183 Å². The van der Waals surface area contributed by atoms with Crippen molar-refractivity contribution in [3.05, 3.63) is 48.0 Å². The second kappa shape index (κ2) is 8.51. The average Bonchev–Trinajstić information content (AvgIpc) is 3.13. The summed E-state index contributed by atoms with van der Waals surface area (Å²) in [5.74, 6) is 0.771. The zero-order chi connectivity index (χ0) is 22.2. The average molecular weight is 445 g/mol. The summed E-state index contributed by atoms with van der Waals surface area (Å²) in [6.07, 6.45) is 1.88. The molecule has 0 bridgehead atoms. The van der Waals surface area contributed by atoms with Crippen molar-refractivity contribution >= 4 is 21.6 Å². The van der Waals surface area contributed by atoms with Crippen LogP contribution in [-0.4, -0.2) is 52.0 Å².